The van der Waals surface area contributed by atoms with Gasteiger partial charge in [0, 0.05) is 5.75 Å². The molecule has 0 bridgehead atoms. The van der Waals surface area contributed by atoms with Crippen molar-refractivity contribution < 1.29 is 5.11 Å². The van der Waals surface area contributed by atoms with E-state index >= 15 is 0 Å². The highest BCUT2D eigenvalue weighted by molar-refractivity contribution is 7.99. The Morgan fingerprint density at radius 1 is 1.29 bits per heavy atom. The zero-order valence-electron chi connectivity index (χ0n) is 9.81. The van der Waals surface area contributed by atoms with Gasteiger partial charge in [0.15, 0.2) is 0 Å². The molecule has 0 aliphatic carbocycles. The van der Waals surface area contributed by atoms with E-state index in [4.69, 9.17) is 0 Å². The largest absolute Gasteiger partial charge is 0.388 e. The monoisotopic (exact) mass is 216 g/mol. The molecule has 0 saturated carbocycles. The predicted molar refractivity (Wildman–Crippen MR) is 64.8 cm³/mol. The van der Waals surface area contributed by atoms with E-state index in [0.29, 0.717) is 0 Å². The van der Waals surface area contributed by atoms with E-state index in [0.717, 1.165) is 18.6 Å². The van der Waals surface area contributed by atoms with Crippen molar-refractivity contribution in [1.29, 1.82) is 0 Å². The van der Waals surface area contributed by atoms with Crippen molar-refractivity contribution in [3.63, 3.8) is 0 Å². The van der Waals surface area contributed by atoms with Crippen LogP contribution in [0.5, 0.6) is 0 Å². The summed E-state index contributed by atoms with van der Waals surface area (Å²) in [5, 5.41) is 10.6. The molecule has 1 saturated heterocycles. The second-order valence-electron chi connectivity index (χ2n) is 5.18. The van der Waals surface area contributed by atoms with Gasteiger partial charge in [0.05, 0.1) is 5.60 Å². The highest BCUT2D eigenvalue weighted by atomic mass is 32.2. The van der Waals surface area contributed by atoms with Gasteiger partial charge in [-0.3, -0.25) is 0 Å². The van der Waals surface area contributed by atoms with Crippen molar-refractivity contribution in [2.24, 2.45) is 5.41 Å². The summed E-state index contributed by atoms with van der Waals surface area (Å²) < 4.78 is 0. The zero-order valence-corrected chi connectivity index (χ0v) is 10.6. The fourth-order valence-electron chi connectivity index (χ4n) is 2.07. The molecule has 2 heteroatoms. The first-order chi connectivity index (χ1) is 6.52. The van der Waals surface area contributed by atoms with E-state index < -0.39 is 5.60 Å². The lowest BCUT2D eigenvalue weighted by Gasteiger charge is -2.46. The van der Waals surface area contributed by atoms with E-state index in [9.17, 15) is 5.11 Å². The number of unbranched alkanes of at least 4 members (excludes halogenated alkanes) is 2. The number of thioether (sulfide) groups is 1. The van der Waals surface area contributed by atoms with Crippen LogP contribution < -0.4 is 0 Å². The van der Waals surface area contributed by atoms with Crippen molar-refractivity contribution in [2.45, 2.75) is 58.5 Å². The minimum Gasteiger partial charge on any atom is -0.388 e. The lowest BCUT2D eigenvalue weighted by Crippen LogP contribution is -2.49. The molecule has 0 aromatic heterocycles. The maximum absolute atomic E-state index is 10.6. The molecule has 0 radical (unpaired) electrons. The van der Waals surface area contributed by atoms with Crippen molar-refractivity contribution in [3.05, 3.63) is 0 Å². The van der Waals surface area contributed by atoms with Crippen molar-refractivity contribution in [2.75, 3.05) is 11.5 Å². The standard InChI is InChI=1S/C12H24OS/c1-4-5-6-7-12(13)10-14-9-8-11(12,2)3/h13H,4-10H2,1-3H3. The summed E-state index contributed by atoms with van der Waals surface area (Å²) in [5.41, 5.74) is -0.295. The Hall–Kier alpha value is 0.310. The predicted octanol–water partition coefficient (Wildman–Crippen LogP) is 3.46. The van der Waals surface area contributed by atoms with E-state index in [1.165, 1.54) is 25.0 Å². The van der Waals surface area contributed by atoms with E-state index in [1.807, 2.05) is 11.8 Å². The molecule has 1 unspecified atom stereocenters. The normalized spacial score (nSPS) is 31.7. The van der Waals surface area contributed by atoms with Gasteiger partial charge in [0.1, 0.15) is 0 Å². The van der Waals surface area contributed by atoms with Gasteiger partial charge in [-0.05, 0) is 24.0 Å². The number of hydrogen-bond donors (Lipinski definition) is 1. The third-order valence-electron chi connectivity index (χ3n) is 3.67. The van der Waals surface area contributed by atoms with Gasteiger partial charge in [-0.2, -0.15) is 11.8 Å². The summed E-state index contributed by atoms with van der Waals surface area (Å²) in [6.45, 7) is 6.65. The highest BCUT2D eigenvalue weighted by Crippen LogP contribution is 2.44. The second kappa shape index (κ2) is 4.89. The van der Waals surface area contributed by atoms with Crippen LogP contribution >= 0.6 is 11.8 Å². The lowest BCUT2D eigenvalue weighted by atomic mass is 9.71. The van der Waals surface area contributed by atoms with Crippen LogP contribution in [-0.4, -0.2) is 22.2 Å². The van der Waals surface area contributed by atoms with E-state index in [1.54, 1.807) is 0 Å². The fraction of sp³-hybridized carbons (Fsp3) is 1.00. The van der Waals surface area contributed by atoms with E-state index in [2.05, 4.69) is 20.8 Å². The molecule has 1 heterocycles. The first-order valence-electron chi connectivity index (χ1n) is 5.82. The van der Waals surface area contributed by atoms with Gasteiger partial charge < -0.3 is 5.11 Å². The van der Waals surface area contributed by atoms with Crippen molar-refractivity contribution >= 4 is 11.8 Å². The Morgan fingerprint density at radius 2 is 2.00 bits per heavy atom. The van der Waals surface area contributed by atoms with Gasteiger partial charge >= 0.3 is 0 Å². The Labute approximate surface area is 92.7 Å². The highest BCUT2D eigenvalue weighted by Gasteiger charge is 2.44. The molecule has 1 atom stereocenters. The topological polar surface area (TPSA) is 20.2 Å². The quantitative estimate of drug-likeness (QED) is 0.726. The molecular weight excluding hydrogens is 192 g/mol. The molecule has 1 aliphatic heterocycles. The minimum absolute atomic E-state index is 0.117. The summed E-state index contributed by atoms with van der Waals surface area (Å²) in [7, 11) is 0. The van der Waals surface area contributed by atoms with Crippen LogP contribution in [0.1, 0.15) is 52.9 Å². The smallest absolute Gasteiger partial charge is 0.0788 e. The van der Waals surface area contributed by atoms with E-state index in [-0.39, 0.29) is 5.41 Å². The third kappa shape index (κ3) is 2.66. The Bertz CT molecular complexity index is 179. The molecule has 0 aromatic rings. The molecule has 0 spiro atoms. The maximum Gasteiger partial charge on any atom is 0.0788 e. The molecule has 1 nitrogen and oxygen atoms in total. The summed E-state index contributed by atoms with van der Waals surface area (Å²) in [4.78, 5) is 0. The molecular formula is C12H24OS. The Kier molecular flexibility index (Phi) is 4.32. The third-order valence-corrected chi connectivity index (χ3v) is 4.84. The number of aliphatic hydroxyl groups is 1. The van der Waals surface area contributed by atoms with Crippen molar-refractivity contribution in [3.8, 4) is 0 Å². The van der Waals surface area contributed by atoms with Gasteiger partial charge in [-0.25, -0.2) is 0 Å². The van der Waals surface area contributed by atoms with Gasteiger partial charge in [0.2, 0.25) is 0 Å². The van der Waals surface area contributed by atoms with Crippen molar-refractivity contribution in [1.82, 2.24) is 0 Å². The SMILES string of the molecule is CCCCCC1(O)CSCCC1(C)C. The molecule has 1 fully saturated rings. The number of rotatable bonds is 4. The lowest BCUT2D eigenvalue weighted by molar-refractivity contribution is -0.0598. The Balaban J connectivity index is 2.51. The molecule has 14 heavy (non-hydrogen) atoms. The summed E-state index contributed by atoms with van der Waals surface area (Å²) in [6, 6.07) is 0. The van der Waals surface area contributed by atoms with Gasteiger partial charge in [-0.15, -0.1) is 0 Å². The van der Waals surface area contributed by atoms with Crippen LogP contribution in [0, 0.1) is 5.41 Å². The first kappa shape index (κ1) is 12.4. The zero-order chi connectivity index (χ0) is 10.7. The molecule has 1 aliphatic rings. The van der Waals surface area contributed by atoms with Crippen LogP contribution in [0.2, 0.25) is 0 Å². The summed E-state index contributed by atoms with van der Waals surface area (Å²) in [6.07, 6.45) is 5.81. The van der Waals surface area contributed by atoms with Crippen LogP contribution in [-0.2, 0) is 0 Å². The van der Waals surface area contributed by atoms with Gasteiger partial charge in [-0.1, -0.05) is 40.0 Å². The minimum atomic E-state index is -0.412. The van der Waals surface area contributed by atoms with Crippen LogP contribution in [0.3, 0.4) is 0 Å². The molecule has 84 valence electrons. The maximum atomic E-state index is 10.6. The summed E-state index contributed by atoms with van der Waals surface area (Å²) >= 11 is 1.91. The molecule has 1 N–H and O–H groups in total. The average Bonchev–Trinajstić information content (AvgIpc) is 2.11. The summed E-state index contributed by atoms with van der Waals surface area (Å²) in [5.74, 6) is 2.15. The Morgan fingerprint density at radius 3 is 2.57 bits per heavy atom. The van der Waals surface area contributed by atoms with Gasteiger partial charge in [0.25, 0.3) is 0 Å². The van der Waals surface area contributed by atoms with Crippen LogP contribution in [0.15, 0.2) is 0 Å². The molecule has 0 aromatic carbocycles. The molecule has 1 rings (SSSR count). The second-order valence-corrected chi connectivity index (χ2v) is 6.28. The fourth-order valence-corrected chi connectivity index (χ4v) is 3.75. The molecule has 0 amide bonds. The number of hydrogen-bond acceptors (Lipinski definition) is 2. The first-order valence-corrected chi connectivity index (χ1v) is 6.97. The van der Waals surface area contributed by atoms with Crippen LogP contribution in [0.25, 0.3) is 0 Å². The van der Waals surface area contributed by atoms with Crippen LogP contribution in [0.4, 0.5) is 0 Å². The average molecular weight is 216 g/mol.